The van der Waals surface area contributed by atoms with E-state index in [0.29, 0.717) is 11.3 Å². The number of nitrogens with zero attached hydrogens (tertiary/aromatic N) is 1. The standard InChI is InChI=1S/C15H9Cl3N2O3/c16-10-7-12(18)13(8-11(10)17)19-15(21)6-5-9-3-1-2-4-14(9)20(22)23/h1-8H,(H,19,21)/b6-5+. The highest BCUT2D eigenvalue weighted by molar-refractivity contribution is 6.44. The number of nitro benzene ring substituents is 1. The molecule has 1 amide bonds. The maximum Gasteiger partial charge on any atom is 0.276 e. The van der Waals surface area contributed by atoms with Crippen LogP contribution in [0.15, 0.2) is 42.5 Å². The predicted molar refractivity (Wildman–Crippen MR) is 92.2 cm³/mol. The average Bonchev–Trinajstić information content (AvgIpc) is 2.50. The summed E-state index contributed by atoms with van der Waals surface area (Å²) in [6.07, 6.45) is 2.51. The first-order chi connectivity index (χ1) is 10.9. The Morgan fingerprint density at radius 1 is 1.09 bits per heavy atom. The molecule has 0 aliphatic heterocycles. The second-order valence-electron chi connectivity index (χ2n) is 4.38. The van der Waals surface area contributed by atoms with E-state index in [-0.39, 0.29) is 20.8 Å². The molecule has 0 saturated heterocycles. The number of carbonyl (C=O) groups is 1. The van der Waals surface area contributed by atoms with E-state index in [1.165, 1.54) is 36.4 Å². The third-order valence-corrected chi connectivity index (χ3v) is 3.85. The van der Waals surface area contributed by atoms with E-state index >= 15 is 0 Å². The number of halogens is 3. The summed E-state index contributed by atoms with van der Waals surface area (Å²) in [6, 6.07) is 8.91. The van der Waals surface area contributed by atoms with Crippen molar-refractivity contribution in [2.24, 2.45) is 0 Å². The number of nitro groups is 1. The molecule has 0 heterocycles. The van der Waals surface area contributed by atoms with Crippen LogP contribution in [-0.2, 0) is 4.79 Å². The lowest BCUT2D eigenvalue weighted by Gasteiger charge is -2.06. The van der Waals surface area contributed by atoms with E-state index in [1.54, 1.807) is 12.1 Å². The smallest absolute Gasteiger partial charge is 0.276 e. The van der Waals surface area contributed by atoms with E-state index in [4.69, 9.17) is 34.8 Å². The average molecular weight is 372 g/mol. The van der Waals surface area contributed by atoms with E-state index in [1.807, 2.05) is 0 Å². The topological polar surface area (TPSA) is 72.2 Å². The van der Waals surface area contributed by atoms with Crippen molar-refractivity contribution in [2.45, 2.75) is 0 Å². The van der Waals surface area contributed by atoms with Crippen molar-refractivity contribution in [3.8, 4) is 0 Å². The summed E-state index contributed by atoms with van der Waals surface area (Å²) in [7, 11) is 0. The van der Waals surface area contributed by atoms with Gasteiger partial charge in [-0.15, -0.1) is 0 Å². The molecule has 2 rings (SSSR count). The van der Waals surface area contributed by atoms with Crippen molar-refractivity contribution in [3.63, 3.8) is 0 Å². The van der Waals surface area contributed by atoms with Crippen molar-refractivity contribution in [1.29, 1.82) is 0 Å². The van der Waals surface area contributed by atoms with Crippen molar-refractivity contribution >= 4 is 58.2 Å². The summed E-state index contributed by atoms with van der Waals surface area (Å²) < 4.78 is 0. The van der Waals surface area contributed by atoms with Crippen LogP contribution >= 0.6 is 34.8 Å². The van der Waals surface area contributed by atoms with Crippen molar-refractivity contribution < 1.29 is 9.72 Å². The molecular weight excluding hydrogens is 363 g/mol. The van der Waals surface area contributed by atoms with Gasteiger partial charge in [0.1, 0.15) is 0 Å². The number of anilines is 1. The molecule has 2 aromatic carbocycles. The molecule has 118 valence electrons. The maximum absolute atomic E-state index is 11.9. The Labute approximate surface area is 146 Å². The molecule has 8 heteroatoms. The van der Waals surface area contributed by atoms with Gasteiger partial charge in [-0.3, -0.25) is 14.9 Å². The zero-order valence-electron chi connectivity index (χ0n) is 11.4. The highest BCUT2D eigenvalue weighted by Crippen LogP contribution is 2.32. The first-order valence-electron chi connectivity index (χ1n) is 6.25. The van der Waals surface area contributed by atoms with Gasteiger partial charge in [0.15, 0.2) is 0 Å². The van der Waals surface area contributed by atoms with Gasteiger partial charge in [-0.1, -0.05) is 46.9 Å². The molecule has 0 unspecified atom stereocenters. The van der Waals surface area contributed by atoms with Crippen LogP contribution in [0, 0.1) is 10.1 Å². The normalized spacial score (nSPS) is 10.7. The summed E-state index contributed by atoms with van der Waals surface area (Å²) in [4.78, 5) is 22.3. The Balaban J connectivity index is 2.17. The summed E-state index contributed by atoms with van der Waals surface area (Å²) in [5.74, 6) is -0.511. The summed E-state index contributed by atoms with van der Waals surface area (Å²) in [5, 5.41) is 14.2. The molecule has 5 nitrogen and oxygen atoms in total. The van der Waals surface area contributed by atoms with Gasteiger partial charge >= 0.3 is 0 Å². The molecule has 0 atom stereocenters. The summed E-state index contributed by atoms with van der Waals surface area (Å²) >= 11 is 17.6. The lowest BCUT2D eigenvalue weighted by molar-refractivity contribution is -0.385. The molecule has 0 aliphatic rings. The summed E-state index contributed by atoms with van der Waals surface area (Å²) in [5.41, 5.74) is 0.510. The number of hydrogen-bond donors (Lipinski definition) is 1. The van der Waals surface area contributed by atoms with Gasteiger partial charge in [0.05, 0.1) is 31.2 Å². The number of nitrogens with one attached hydrogen (secondary N) is 1. The Morgan fingerprint density at radius 2 is 1.74 bits per heavy atom. The van der Waals surface area contributed by atoms with Crippen LogP contribution in [0.5, 0.6) is 0 Å². The first-order valence-corrected chi connectivity index (χ1v) is 7.39. The Hall–Kier alpha value is -2.08. The molecule has 0 radical (unpaired) electrons. The Morgan fingerprint density at radius 3 is 2.43 bits per heavy atom. The van der Waals surface area contributed by atoms with E-state index < -0.39 is 10.8 Å². The van der Waals surface area contributed by atoms with Gasteiger partial charge in [0, 0.05) is 12.1 Å². The fourth-order valence-electron chi connectivity index (χ4n) is 1.75. The van der Waals surface area contributed by atoms with Crippen molar-refractivity contribution in [1.82, 2.24) is 0 Å². The highest BCUT2D eigenvalue weighted by atomic mass is 35.5. The number of hydrogen-bond acceptors (Lipinski definition) is 3. The van der Waals surface area contributed by atoms with Crippen LogP contribution in [0.1, 0.15) is 5.56 Å². The minimum Gasteiger partial charge on any atom is -0.321 e. The maximum atomic E-state index is 11.9. The van der Waals surface area contributed by atoms with Gasteiger partial charge in [-0.05, 0) is 24.3 Å². The zero-order valence-corrected chi connectivity index (χ0v) is 13.7. The van der Waals surface area contributed by atoms with Crippen molar-refractivity contribution in [3.05, 3.63) is 73.2 Å². The molecule has 0 spiro atoms. The van der Waals surface area contributed by atoms with Gasteiger partial charge in [-0.2, -0.15) is 0 Å². The number of amides is 1. The zero-order chi connectivity index (χ0) is 17.0. The van der Waals surface area contributed by atoms with Crippen LogP contribution in [0.25, 0.3) is 6.08 Å². The number of carbonyl (C=O) groups excluding carboxylic acids is 1. The van der Waals surface area contributed by atoms with Gasteiger partial charge in [0.25, 0.3) is 5.69 Å². The lowest BCUT2D eigenvalue weighted by Crippen LogP contribution is -2.08. The molecule has 23 heavy (non-hydrogen) atoms. The molecule has 2 aromatic rings. The summed E-state index contributed by atoms with van der Waals surface area (Å²) in [6.45, 7) is 0. The van der Waals surface area contributed by atoms with Crippen molar-refractivity contribution in [2.75, 3.05) is 5.32 Å². The fourth-order valence-corrected chi connectivity index (χ4v) is 2.35. The van der Waals surface area contributed by atoms with Crippen LogP contribution in [0.3, 0.4) is 0 Å². The monoisotopic (exact) mass is 370 g/mol. The number of para-hydroxylation sites is 1. The highest BCUT2D eigenvalue weighted by Gasteiger charge is 2.11. The van der Waals surface area contributed by atoms with E-state index in [0.717, 1.165) is 0 Å². The van der Waals surface area contributed by atoms with E-state index in [9.17, 15) is 14.9 Å². The minimum absolute atomic E-state index is 0.0934. The molecule has 0 aliphatic carbocycles. The molecule has 0 saturated carbocycles. The van der Waals surface area contributed by atoms with E-state index in [2.05, 4.69) is 5.32 Å². The SMILES string of the molecule is O=C(/C=C/c1ccccc1[N+](=O)[O-])Nc1cc(Cl)c(Cl)cc1Cl. The first kappa shape index (κ1) is 17.3. The van der Waals surface area contributed by atoms with Gasteiger partial charge in [0.2, 0.25) is 5.91 Å². The largest absolute Gasteiger partial charge is 0.321 e. The third-order valence-electron chi connectivity index (χ3n) is 2.82. The number of rotatable bonds is 4. The van der Waals surface area contributed by atoms with Crippen LogP contribution in [0.4, 0.5) is 11.4 Å². The van der Waals surface area contributed by atoms with Gasteiger partial charge in [-0.25, -0.2) is 0 Å². The number of benzene rings is 2. The molecular formula is C15H9Cl3N2O3. The quantitative estimate of drug-likeness (QED) is 0.347. The van der Waals surface area contributed by atoms with Crippen LogP contribution < -0.4 is 5.32 Å². The molecule has 1 N–H and O–H groups in total. The Bertz CT molecular complexity index is 807. The predicted octanol–water partition coefficient (Wildman–Crippen LogP) is 5.21. The van der Waals surface area contributed by atoms with Gasteiger partial charge < -0.3 is 5.32 Å². The second kappa shape index (κ2) is 7.46. The van der Waals surface area contributed by atoms with Crippen LogP contribution in [0.2, 0.25) is 15.1 Å². The Kier molecular flexibility index (Phi) is 5.60. The molecule has 0 fully saturated rings. The minimum atomic E-state index is -0.520. The van der Waals surface area contributed by atoms with Crippen LogP contribution in [-0.4, -0.2) is 10.8 Å². The molecule has 0 aromatic heterocycles. The third kappa shape index (κ3) is 4.45. The second-order valence-corrected chi connectivity index (χ2v) is 5.61. The lowest BCUT2D eigenvalue weighted by atomic mass is 10.1. The fraction of sp³-hybridized carbons (Fsp3) is 0. The molecule has 0 bridgehead atoms.